The molecule has 1 heterocycles. The summed E-state index contributed by atoms with van der Waals surface area (Å²) < 4.78 is 6.12. The molecule has 0 amide bonds. The molecule has 3 fully saturated rings. The summed E-state index contributed by atoms with van der Waals surface area (Å²) >= 11 is 0. The van der Waals surface area contributed by atoms with Crippen LogP contribution in [0.4, 0.5) is 0 Å². The van der Waals surface area contributed by atoms with Crippen LogP contribution in [-0.2, 0) is 4.74 Å². The second-order valence-corrected chi connectivity index (χ2v) is 6.92. The van der Waals surface area contributed by atoms with Gasteiger partial charge < -0.3 is 15.4 Å². The average molecular weight is 252 g/mol. The maximum Gasteiger partial charge on any atom is 0.0697 e. The number of ether oxygens (including phenoxy) is 1. The Morgan fingerprint density at radius 1 is 1.28 bits per heavy atom. The Labute approximate surface area is 111 Å². The molecule has 0 bridgehead atoms. The quantitative estimate of drug-likeness (QED) is 0.836. The molecule has 0 radical (unpaired) electrons. The van der Waals surface area contributed by atoms with E-state index in [1.54, 1.807) is 0 Å². The van der Waals surface area contributed by atoms with Crippen molar-refractivity contribution in [3.8, 4) is 0 Å². The summed E-state index contributed by atoms with van der Waals surface area (Å²) in [5.74, 6) is 0.854. The van der Waals surface area contributed by atoms with E-state index < -0.39 is 0 Å². The van der Waals surface area contributed by atoms with Gasteiger partial charge in [-0.2, -0.15) is 0 Å². The third kappa shape index (κ3) is 2.59. The Balaban J connectivity index is 1.51. The van der Waals surface area contributed by atoms with Crippen molar-refractivity contribution in [1.82, 2.24) is 4.90 Å². The van der Waals surface area contributed by atoms with Crippen molar-refractivity contribution in [1.29, 1.82) is 0 Å². The van der Waals surface area contributed by atoms with Crippen LogP contribution >= 0.6 is 0 Å². The Kier molecular flexibility index (Phi) is 3.65. The molecule has 1 atom stereocenters. The molecule has 104 valence electrons. The summed E-state index contributed by atoms with van der Waals surface area (Å²) in [5.41, 5.74) is 6.14. The van der Waals surface area contributed by atoms with Crippen LogP contribution in [0.3, 0.4) is 0 Å². The van der Waals surface area contributed by atoms with Crippen molar-refractivity contribution in [2.75, 3.05) is 20.2 Å². The molecular formula is C15H28N2O. The molecule has 18 heavy (non-hydrogen) atoms. The predicted octanol–water partition coefficient (Wildman–Crippen LogP) is 2.15. The van der Waals surface area contributed by atoms with Crippen LogP contribution in [0.15, 0.2) is 0 Å². The van der Waals surface area contributed by atoms with E-state index in [0.29, 0.717) is 6.04 Å². The van der Waals surface area contributed by atoms with Gasteiger partial charge in [-0.05, 0) is 51.5 Å². The van der Waals surface area contributed by atoms with Gasteiger partial charge in [0.2, 0.25) is 0 Å². The summed E-state index contributed by atoms with van der Waals surface area (Å²) in [7, 11) is 2.31. The van der Waals surface area contributed by atoms with Gasteiger partial charge in [-0.3, -0.25) is 0 Å². The highest BCUT2D eigenvalue weighted by Gasteiger charge is 2.41. The van der Waals surface area contributed by atoms with Gasteiger partial charge in [0.15, 0.2) is 0 Å². The Hall–Kier alpha value is -0.120. The van der Waals surface area contributed by atoms with Gasteiger partial charge in [-0.1, -0.05) is 12.8 Å². The van der Waals surface area contributed by atoms with Crippen molar-refractivity contribution in [3.63, 3.8) is 0 Å². The largest absolute Gasteiger partial charge is 0.375 e. The minimum atomic E-state index is 0.257. The van der Waals surface area contributed by atoms with E-state index in [-0.39, 0.29) is 5.60 Å². The lowest BCUT2D eigenvalue weighted by atomic mass is 9.80. The zero-order valence-corrected chi connectivity index (χ0v) is 11.7. The third-order valence-corrected chi connectivity index (χ3v) is 5.42. The highest BCUT2D eigenvalue weighted by molar-refractivity contribution is 4.94. The molecule has 1 spiro atoms. The SMILES string of the molecule is CN(CC1CC(N)C1)C1CCOC2(CCCC2)C1. The first-order valence-electron chi connectivity index (χ1n) is 7.77. The van der Waals surface area contributed by atoms with E-state index in [4.69, 9.17) is 10.5 Å². The van der Waals surface area contributed by atoms with Gasteiger partial charge in [0.25, 0.3) is 0 Å². The standard InChI is InChI=1S/C15H28N2O/c1-17(11-12-8-13(16)9-12)14-4-7-18-15(10-14)5-2-3-6-15/h12-14H,2-11,16H2,1H3. The molecule has 3 aliphatic rings. The van der Waals surface area contributed by atoms with Crippen LogP contribution in [0.2, 0.25) is 0 Å². The van der Waals surface area contributed by atoms with Gasteiger partial charge in [0.1, 0.15) is 0 Å². The molecule has 1 unspecified atom stereocenters. The number of nitrogens with two attached hydrogens (primary N) is 1. The lowest BCUT2D eigenvalue weighted by molar-refractivity contribution is -0.101. The van der Waals surface area contributed by atoms with Gasteiger partial charge >= 0.3 is 0 Å². The second kappa shape index (κ2) is 5.10. The maximum absolute atomic E-state index is 6.12. The maximum atomic E-state index is 6.12. The molecule has 1 aliphatic heterocycles. The van der Waals surface area contributed by atoms with Crippen molar-refractivity contribution in [2.24, 2.45) is 11.7 Å². The fraction of sp³-hybridized carbons (Fsp3) is 1.00. The van der Waals surface area contributed by atoms with Crippen molar-refractivity contribution in [2.45, 2.75) is 69.1 Å². The van der Waals surface area contributed by atoms with Crippen molar-refractivity contribution in [3.05, 3.63) is 0 Å². The normalized spacial score (nSPS) is 39.2. The van der Waals surface area contributed by atoms with E-state index in [0.717, 1.165) is 18.6 Å². The second-order valence-electron chi connectivity index (χ2n) is 6.92. The Bertz CT molecular complexity index is 282. The summed E-state index contributed by atoms with van der Waals surface area (Å²) in [6.45, 7) is 2.22. The Morgan fingerprint density at radius 3 is 2.67 bits per heavy atom. The monoisotopic (exact) mass is 252 g/mol. The molecule has 2 aliphatic carbocycles. The number of rotatable bonds is 3. The summed E-state index contributed by atoms with van der Waals surface area (Å²) in [6.07, 6.45) is 10.3. The van der Waals surface area contributed by atoms with E-state index in [9.17, 15) is 0 Å². The fourth-order valence-electron chi connectivity index (χ4n) is 4.24. The minimum Gasteiger partial charge on any atom is -0.375 e. The lowest BCUT2D eigenvalue weighted by Gasteiger charge is -2.44. The van der Waals surface area contributed by atoms with Gasteiger partial charge in [0, 0.05) is 25.2 Å². The van der Waals surface area contributed by atoms with Crippen LogP contribution in [-0.4, -0.2) is 42.8 Å². The first kappa shape index (κ1) is 12.9. The predicted molar refractivity (Wildman–Crippen MR) is 73.5 cm³/mol. The molecule has 3 heteroatoms. The van der Waals surface area contributed by atoms with E-state index >= 15 is 0 Å². The molecule has 3 rings (SSSR count). The Morgan fingerprint density at radius 2 is 2.00 bits per heavy atom. The van der Waals surface area contributed by atoms with E-state index in [1.165, 1.54) is 57.9 Å². The lowest BCUT2D eigenvalue weighted by Crippen LogP contribution is -2.49. The van der Waals surface area contributed by atoms with Gasteiger partial charge in [-0.15, -0.1) is 0 Å². The highest BCUT2D eigenvalue weighted by Crippen LogP contribution is 2.41. The summed E-state index contributed by atoms with van der Waals surface area (Å²) in [6, 6.07) is 1.23. The van der Waals surface area contributed by atoms with Crippen molar-refractivity contribution >= 4 is 0 Å². The van der Waals surface area contributed by atoms with Crippen LogP contribution in [0, 0.1) is 5.92 Å². The molecule has 2 N–H and O–H groups in total. The number of hydrogen-bond donors (Lipinski definition) is 1. The first-order valence-corrected chi connectivity index (χ1v) is 7.77. The summed E-state index contributed by atoms with van der Waals surface area (Å²) in [5, 5.41) is 0. The first-order chi connectivity index (χ1) is 8.67. The zero-order chi connectivity index (χ0) is 12.6. The number of hydrogen-bond acceptors (Lipinski definition) is 3. The smallest absolute Gasteiger partial charge is 0.0697 e. The van der Waals surface area contributed by atoms with E-state index in [2.05, 4.69) is 11.9 Å². The molecule has 3 nitrogen and oxygen atoms in total. The third-order valence-electron chi connectivity index (χ3n) is 5.42. The topological polar surface area (TPSA) is 38.5 Å². The molecule has 2 saturated carbocycles. The van der Waals surface area contributed by atoms with Crippen LogP contribution in [0.1, 0.15) is 51.4 Å². The van der Waals surface area contributed by atoms with Gasteiger partial charge in [0.05, 0.1) is 5.60 Å². The molecule has 0 aromatic rings. The molecule has 0 aromatic heterocycles. The molecule has 0 aromatic carbocycles. The fourth-order valence-corrected chi connectivity index (χ4v) is 4.24. The summed E-state index contributed by atoms with van der Waals surface area (Å²) in [4.78, 5) is 2.60. The average Bonchev–Trinajstić information content (AvgIpc) is 2.75. The van der Waals surface area contributed by atoms with Crippen LogP contribution < -0.4 is 5.73 Å². The van der Waals surface area contributed by atoms with Crippen LogP contribution in [0.5, 0.6) is 0 Å². The highest BCUT2D eigenvalue weighted by atomic mass is 16.5. The zero-order valence-electron chi connectivity index (χ0n) is 11.7. The number of nitrogens with zero attached hydrogens (tertiary/aromatic N) is 1. The van der Waals surface area contributed by atoms with Crippen LogP contribution in [0.25, 0.3) is 0 Å². The van der Waals surface area contributed by atoms with Gasteiger partial charge in [-0.25, -0.2) is 0 Å². The molecule has 1 saturated heterocycles. The van der Waals surface area contributed by atoms with Crippen molar-refractivity contribution < 1.29 is 4.74 Å². The van der Waals surface area contributed by atoms with E-state index in [1.807, 2.05) is 0 Å². The molecular weight excluding hydrogens is 224 g/mol. The minimum absolute atomic E-state index is 0.257.